The standard InChI is InChI=1S/C19H30N2/c1-15-6-5-7-17(10-15)18-11-19(12-18)20-13-16(2)14-21-8-3-4-9-21/h5-7,10,16,18-20H,3-4,8-9,11-14H2,1-2H3. The molecule has 1 saturated heterocycles. The first-order valence-corrected chi connectivity index (χ1v) is 8.73. The maximum atomic E-state index is 3.78. The van der Waals surface area contributed by atoms with Crippen LogP contribution in [0.1, 0.15) is 49.7 Å². The molecule has 1 heterocycles. The molecule has 0 spiro atoms. The predicted molar refractivity (Wildman–Crippen MR) is 89.8 cm³/mol. The third-order valence-electron chi connectivity index (χ3n) is 5.18. The van der Waals surface area contributed by atoms with Crippen LogP contribution in [0.3, 0.4) is 0 Å². The van der Waals surface area contributed by atoms with Gasteiger partial charge in [0, 0.05) is 12.6 Å². The van der Waals surface area contributed by atoms with Crippen molar-refractivity contribution in [1.82, 2.24) is 10.2 Å². The molecule has 2 fully saturated rings. The van der Waals surface area contributed by atoms with Crippen LogP contribution >= 0.6 is 0 Å². The van der Waals surface area contributed by atoms with Crippen LogP contribution in [0.15, 0.2) is 24.3 Å². The molecule has 0 radical (unpaired) electrons. The molecule has 21 heavy (non-hydrogen) atoms. The van der Waals surface area contributed by atoms with E-state index in [9.17, 15) is 0 Å². The second kappa shape index (κ2) is 6.93. The van der Waals surface area contributed by atoms with Gasteiger partial charge >= 0.3 is 0 Å². The average Bonchev–Trinajstić information content (AvgIpc) is 2.89. The predicted octanol–water partition coefficient (Wildman–Crippen LogP) is 3.56. The fourth-order valence-electron chi connectivity index (χ4n) is 3.82. The molecule has 0 amide bonds. The zero-order valence-electron chi connectivity index (χ0n) is 13.6. The molecule has 1 atom stereocenters. The highest BCUT2D eigenvalue weighted by atomic mass is 15.1. The van der Waals surface area contributed by atoms with E-state index in [0.717, 1.165) is 17.9 Å². The Morgan fingerprint density at radius 3 is 2.71 bits per heavy atom. The first-order chi connectivity index (χ1) is 10.2. The molecule has 1 aromatic rings. The fourth-order valence-corrected chi connectivity index (χ4v) is 3.82. The largest absolute Gasteiger partial charge is 0.314 e. The van der Waals surface area contributed by atoms with E-state index in [-0.39, 0.29) is 0 Å². The maximum Gasteiger partial charge on any atom is 0.00788 e. The molecular weight excluding hydrogens is 256 g/mol. The van der Waals surface area contributed by atoms with Crippen molar-refractivity contribution in [3.8, 4) is 0 Å². The summed E-state index contributed by atoms with van der Waals surface area (Å²) in [5.41, 5.74) is 2.93. The molecule has 2 nitrogen and oxygen atoms in total. The lowest BCUT2D eigenvalue weighted by Gasteiger charge is -2.37. The van der Waals surface area contributed by atoms with Crippen LogP contribution in [0.4, 0.5) is 0 Å². The summed E-state index contributed by atoms with van der Waals surface area (Å²) >= 11 is 0. The van der Waals surface area contributed by atoms with Crippen molar-refractivity contribution in [2.45, 2.75) is 51.5 Å². The Morgan fingerprint density at radius 2 is 2.00 bits per heavy atom. The first-order valence-electron chi connectivity index (χ1n) is 8.73. The Hall–Kier alpha value is -0.860. The Bertz CT molecular complexity index is 445. The summed E-state index contributed by atoms with van der Waals surface area (Å²) < 4.78 is 0. The number of rotatable bonds is 6. The highest BCUT2D eigenvalue weighted by Crippen LogP contribution is 2.37. The summed E-state index contributed by atoms with van der Waals surface area (Å²) in [4.78, 5) is 2.63. The minimum Gasteiger partial charge on any atom is -0.314 e. The molecule has 1 N–H and O–H groups in total. The average molecular weight is 286 g/mol. The van der Waals surface area contributed by atoms with Gasteiger partial charge in [-0.2, -0.15) is 0 Å². The molecule has 1 saturated carbocycles. The molecule has 1 aliphatic carbocycles. The zero-order chi connectivity index (χ0) is 14.7. The second-order valence-corrected chi connectivity index (χ2v) is 7.30. The van der Waals surface area contributed by atoms with E-state index in [1.54, 1.807) is 0 Å². The van der Waals surface area contributed by atoms with E-state index in [1.165, 1.54) is 63.0 Å². The smallest absolute Gasteiger partial charge is 0.00788 e. The number of benzene rings is 1. The molecule has 2 aliphatic rings. The van der Waals surface area contributed by atoms with Gasteiger partial charge in [-0.25, -0.2) is 0 Å². The third-order valence-corrected chi connectivity index (χ3v) is 5.18. The van der Waals surface area contributed by atoms with Crippen molar-refractivity contribution in [3.05, 3.63) is 35.4 Å². The van der Waals surface area contributed by atoms with Gasteiger partial charge in [0.25, 0.3) is 0 Å². The maximum absolute atomic E-state index is 3.78. The van der Waals surface area contributed by atoms with E-state index in [2.05, 4.69) is 48.3 Å². The Balaban J connectivity index is 1.35. The van der Waals surface area contributed by atoms with Crippen molar-refractivity contribution in [2.24, 2.45) is 5.92 Å². The lowest BCUT2D eigenvalue weighted by molar-refractivity contribution is 0.245. The number of likely N-dealkylation sites (tertiary alicyclic amines) is 1. The third kappa shape index (κ3) is 4.08. The lowest BCUT2D eigenvalue weighted by atomic mass is 9.75. The highest BCUT2D eigenvalue weighted by molar-refractivity contribution is 5.27. The topological polar surface area (TPSA) is 15.3 Å². The van der Waals surface area contributed by atoms with Gasteiger partial charge in [0.05, 0.1) is 0 Å². The minimum atomic E-state index is 0.747. The number of hydrogen-bond donors (Lipinski definition) is 1. The molecule has 0 aromatic heterocycles. The summed E-state index contributed by atoms with van der Waals surface area (Å²) in [5.74, 6) is 1.57. The quantitative estimate of drug-likeness (QED) is 0.860. The number of nitrogens with one attached hydrogen (secondary N) is 1. The summed E-state index contributed by atoms with van der Waals surface area (Å²) in [6, 6.07) is 9.79. The van der Waals surface area contributed by atoms with Crippen LogP contribution in [0.25, 0.3) is 0 Å². The summed E-state index contributed by atoms with van der Waals surface area (Å²) in [7, 11) is 0. The highest BCUT2D eigenvalue weighted by Gasteiger charge is 2.30. The number of aryl methyl sites for hydroxylation is 1. The summed E-state index contributed by atoms with van der Waals surface area (Å²) in [5, 5.41) is 3.78. The Labute approximate surface area is 129 Å². The van der Waals surface area contributed by atoms with Gasteiger partial charge in [-0.3, -0.25) is 0 Å². The number of hydrogen-bond acceptors (Lipinski definition) is 2. The second-order valence-electron chi connectivity index (χ2n) is 7.30. The molecule has 0 bridgehead atoms. The van der Waals surface area contributed by atoms with E-state index in [4.69, 9.17) is 0 Å². The van der Waals surface area contributed by atoms with Crippen molar-refractivity contribution >= 4 is 0 Å². The van der Waals surface area contributed by atoms with E-state index in [1.807, 2.05) is 0 Å². The SMILES string of the molecule is Cc1cccc(C2CC(NCC(C)CN3CCCC3)C2)c1. The van der Waals surface area contributed by atoms with E-state index < -0.39 is 0 Å². The van der Waals surface area contributed by atoms with Gasteiger partial charge in [-0.15, -0.1) is 0 Å². The Morgan fingerprint density at radius 1 is 1.24 bits per heavy atom. The fraction of sp³-hybridized carbons (Fsp3) is 0.684. The van der Waals surface area contributed by atoms with Crippen LogP contribution < -0.4 is 5.32 Å². The summed E-state index contributed by atoms with van der Waals surface area (Å²) in [6.07, 6.45) is 5.45. The molecule has 116 valence electrons. The van der Waals surface area contributed by atoms with Crippen molar-refractivity contribution in [3.63, 3.8) is 0 Å². The van der Waals surface area contributed by atoms with Crippen LogP contribution in [-0.2, 0) is 0 Å². The summed E-state index contributed by atoms with van der Waals surface area (Å²) in [6.45, 7) is 9.69. The van der Waals surface area contributed by atoms with Crippen molar-refractivity contribution in [1.29, 1.82) is 0 Å². The monoisotopic (exact) mass is 286 g/mol. The zero-order valence-corrected chi connectivity index (χ0v) is 13.6. The number of nitrogens with zero attached hydrogens (tertiary/aromatic N) is 1. The molecule has 1 aromatic carbocycles. The minimum absolute atomic E-state index is 0.747. The lowest BCUT2D eigenvalue weighted by Crippen LogP contribution is -2.43. The van der Waals surface area contributed by atoms with Gasteiger partial charge in [0.15, 0.2) is 0 Å². The van der Waals surface area contributed by atoms with Gasteiger partial charge in [0.1, 0.15) is 0 Å². The normalized spacial score (nSPS) is 27.5. The van der Waals surface area contributed by atoms with Crippen LogP contribution in [0, 0.1) is 12.8 Å². The van der Waals surface area contributed by atoms with Gasteiger partial charge in [-0.05, 0) is 69.6 Å². The van der Waals surface area contributed by atoms with E-state index >= 15 is 0 Å². The van der Waals surface area contributed by atoms with Crippen LogP contribution in [0.5, 0.6) is 0 Å². The molecule has 3 rings (SSSR count). The van der Waals surface area contributed by atoms with Crippen LogP contribution in [0.2, 0.25) is 0 Å². The Kier molecular flexibility index (Phi) is 4.97. The van der Waals surface area contributed by atoms with Crippen molar-refractivity contribution in [2.75, 3.05) is 26.2 Å². The molecule has 2 heteroatoms. The van der Waals surface area contributed by atoms with Gasteiger partial charge in [0.2, 0.25) is 0 Å². The van der Waals surface area contributed by atoms with Crippen molar-refractivity contribution < 1.29 is 0 Å². The van der Waals surface area contributed by atoms with Gasteiger partial charge in [-0.1, -0.05) is 36.8 Å². The van der Waals surface area contributed by atoms with Gasteiger partial charge < -0.3 is 10.2 Å². The molecular formula is C19H30N2. The molecule has 1 aliphatic heterocycles. The van der Waals surface area contributed by atoms with Crippen LogP contribution in [-0.4, -0.2) is 37.1 Å². The first kappa shape index (κ1) is 15.1. The molecule has 1 unspecified atom stereocenters. The van der Waals surface area contributed by atoms with E-state index in [0.29, 0.717) is 0 Å².